The maximum absolute atomic E-state index is 11.6. The molecule has 0 aliphatic carbocycles. The van der Waals surface area contributed by atoms with E-state index in [0.29, 0.717) is 10.6 Å². The molecule has 0 radical (unpaired) electrons. The van der Waals surface area contributed by atoms with Crippen molar-refractivity contribution in [3.05, 3.63) is 24.3 Å². The van der Waals surface area contributed by atoms with Crippen LogP contribution in [0.2, 0.25) is 0 Å². The molecule has 0 saturated heterocycles. The van der Waals surface area contributed by atoms with Crippen LogP contribution >= 0.6 is 12.6 Å². The van der Waals surface area contributed by atoms with Crippen LogP contribution in [0.15, 0.2) is 29.2 Å². The van der Waals surface area contributed by atoms with Crippen LogP contribution < -0.4 is 10.6 Å². The summed E-state index contributed by atoms with van der Waals surface area (Å²) in [5.41, 5.74) is 0.0138. The summed E-state index contributed by atoms with van der Waals surface area (Å²) in [5, 5.41) is 5.02. The van der Waals surface area contributed by atoms with Crippen molar-refractivity contribution in [1.29, 1.82) is 0 Å². The summed E-state index contributed by atoms with van der Waals surface area (Å²) in [7, 11) is 0. The molecule has 6 heteroatoms. The fourth-order valence-electron chi connectivity index (χ4n) is 1.24. The molecule has 0 aliphatic rings. The highest BCUT2D eigenvalue weighted by atomic mass is 32.1. The van der Waals surface area contributed by atoms with E-state index in [1.54, 1.807) is 39.0 Å². The zero-order chi connectivity index (χ0) is 14.5. The molecule has 0 spiro atoms. The lowest BCUT2D eigenvalue weighted by Gasteiger charge is -2.19. The quantitative estimate of drug-likeness (QED) is 0.746. The number of carbonyl (C=O) groups excluding carboxylic acids is 2. The molecule has 0 unspecified atom stereocenters. The van der Waals surface area contributed by atoms with Gasteiger partial charge in [0.05, 0.1) is 5.69 Å². The van der Waals surface area contributed by atoms with E-state index in [1.165, 1.54) is 0 Å². The van der Waals surface area contributed by atoms with E-state index >= 15 is 0 Å². The number of hydrogen-bond donors (Lipinski definition) is 3. The monoisotopic (exact) mass is 282 g/mol. The van der Waals surface area contributed by atoms with Gasteiger partial charge in [-0.1, -0.05) is 12.1 Å². The van der Waals surface area contributed by atoms with Gasteiger partial charge in [-0.2, -0.15) is 0 Å². The van der Waals surface area contributed by atoms with Gasteiger partial charge in [0.15, 0.2) is 0 Å². The molecule has 0 fully saturated rings. The van der Waals surface area contributed by atoms with E-state index in [1.807, 2.05) is 6.07 Å². The number of para-hydroxylation sites is 1. The Hall–Kier alpha value is -1.69. The summed E-state index contributed by atoms with van der Waals surface area (Å²) >= 11 is 4.21. The molecule has 19 heavy (non-hydrogen) atoms. The van der Waals surface area contributed by atoms with Crippen LogP contribution in [0, 0.1) is 0 Å². The second kappa shape index (κ2) is 6.47. The van der Waals surface area contributed by atoms with Gasteiger partial charge in [-0.15, -0.1) is 12.6 Å². The summed E-state index contributed by atoms with van der Waals surface area (Å²) in [6.45, 7) is 5.11. The average Bonchev–Trinajstić information content (AvgIpc) is 2.27. The first-order valence-corrected chi connectivity index (χ1v) is 6.27. The molecular weight excluding hydrogens is 264 g/mol. The number of amides is 2. The lowest BCUT2D eigenvalue weighted by molar-refractivity contribution is -0.115. The van der Waals surface area contributed by atoms with Gasteiger partial charge in [0, 0.05) is 4.90 Å². The number of ether oxygens (including phenoxy) is 1. The Labute approximate surface area is 118 Å². The third-order valence-electron chi connectivity index (χ3n) is 1.97. The van der Waals surface area contributed by atoms with Crippen molar-refractivity contribution in [3.8, 4) is 0 Å². The van der Waals surface area contributed by atoms with Crippen LogP contribution in [0.25, 0.3) is 0 Å². The minimum Gasteiger partial charge on any atom is -0.444 e. The molecule has 2 amide bonds. The van der Waals surface area contributed by atoms with Gasteiger partial charge in [0.2, 0.25) is 5.91 Å². The Kier molecular flexibility index (Phi) is 5.23. The number of benzene rings is 1. The highest BCUT2D eigenvalue weighted by Crippen LogP contribution is 2.18. The third-order valence-corrected chi connectivity index (χ3v) is 2.36. The fourth-order valence-corrected chi connectivity index (χ4v) is 1.46. The largest absolute Gasteiger partial charge is 0.444 e. The number of carbonyl (C=O) groups is 2. The van der Waals surface area contributed by atoms with E-state index in [-0.39, 0.29) is 12.5 Å². The molecular formula is C13H18N2O3S. The van der Waals surface area contributed by atoms with E-state index < -0.39 is 11.7 Å². The Bertz CT molecular complexity index is 469. The molecule has 0 heterocycles. The number of thiol groups is 1. The molecule has 1 aromatic carbocycles. The predicted molar refractivity (Wildman–Crippen MR) is 76.6 cm³/mol. The van der Waals surface area contributed by atoms with E-state index in [4.69, 9.17) is 4.74 Å². The summed E-state index contributed by atoms with van der Waals surface area (Å²) in [6, 6.07) is 7.10. The van der Waals surface area contributed by atoms with Crippen LogP contribution in [-0.4, -0.2) is 24.1 Å². The summed E-state index contributed by atoms with van der Waals surface area (Å²) in [6.07, 6.45) is -0.623. The minimum absolute atomic E-state index is 0.156. The first-order chi connectivity index (χ1) is 8.78. The maximum atomic E-state index is 11.6. The molecule has 0 bridgehead atoms. The lowest BCUT2D eigenvalue weighted by atomic mass is 10.2. The Morgan fingerprint density at radius 1 is 1.26 bits per heavy atom. The minimum atomic E-state index is -0.623. The lowest BCUT2D eigenvalue weighted by Crippen LogP contribution is -2.37. The van der Waals surface area contributed by atoms with Gasteiger partial charge in [-0.3, -0.25) is 4.79 Å². The molecule has 104 valence electrons. The highest BCUT2D eigenvalue weighted by molar-refractivity contribution is 7.80. The summed E-state index contributed by atoms with van der Waals surface area (Å²) in [5.74, 6) is -0.340. The Morgan fingerprint density at radius 3 is 2.47 bits per heavy atom. The van der Waals surface area contributed by atoms with Gasteiger partial charge >= 0.3 is 6.09 Å². The normalized spacial score (nSPS) is 10.7. The summed E-state index contributed by atoms with van der Waals surface area (Å²) < 4.78 is 5.02. The first kappa shape index (κ1) is 15.4. The second-order valence-corrected chi connectivity index (χ2v) is 5.40. The smallest absolute Gasteiger partial charge is 0.408 e. The number of alkyl carbamates (subject to hydrolysis) is 1. The highest BCUT2D eigenvalue weighted by Gasteiger charge is 2.16. The Morgan fingerprint density at radius 2 is 1.89 bits per heavy atom. The molecule has 0 saturated carbocycles. The zero-order valence-electron chi connectivity index (χ0n) is 11.2. The summed E-state index contributed by atoms with van der Waals surface area (Å²) in [4.78, 5) is 23.6. The second-order valence-electron chi connectivity index (χ2n) is 4.92. The van der Waals surface area contributed by atoms with Gasteiger partial charge in [-0.25, -0.2) is 4.79 Å². The first-order valence-electron chi connectivity index (χ1n) is 5.82. The molecule has 5 nitrogen and oxygen atoms in total. The molecule has 1 rings (SSSR count). The van der Waals surface area contributed by atoms with Crippen LogP contribution in [0.5, 0.6) is 0 Å². The Balaban J connectivity index is 2.41. The van der Waals surface area contributed by atoms with Crippen molar-refractivity contribution in [1.82, 2.24) is 5.32 Å². The molecule has 0 aromatic heterocycles. The van der Waals surface area contributed by atoms with Crippen LogP contribution in [-0.2, 0) is 9.53 Å². The predicted octanol–water partition coefficient (Wildman–Crippen LogP) is 2.44. The van der Waals surface area contributed by atoms with Crippen LogP contribution in [0.4, 0.5) is 10.5 Å². The van der Waals surface area contributed by atoms with Gasteiger partial charge in [0.25, 0.3) is 0 Å². The van der Waals surface area contributed by atoms with Gasteiger partial charge in [-0.05, 0) is 32.9 Å². The van der Waals surface area contributed by atoms with Crippen LogP contribution in [0.3, 0.4) is 0 Å². The van der Waals surface area contributed by atoms with Crippen molar-refractivity contribution in [2.45, 2.75) is 31.3 Å². The van der Waals surface area contributed by atoms with Crippen LogP contribution in [0.1, 0.15) is 20.8 Å². The average molecular weight is 282 g/mol. The number of anilines is 1. The van der Waals surface area contributed by atoms with Crippen molar-refractivity contribution < 1.29 is 14.3 Å². The van der Waals surface area contributed by atoms with Gasteiger partial charge < -0.3 is 15.4 Å². The van der Waals surface area contributed by atoms with E-state index in [2.05, 4.69) is 23.3 Å². The van der Waals surface area contributed by atoms with Crippen molar-refractivity contribution >= 4 is 30.3 Å². The van der Waals surface area contributed by atoms with Crippen molar-refractivity contribution in [2.24, 2.45) is 0 Å². The topological polar surface area (TPSA) is 67.4 Å². The number of rotatable bonds is 3. The third kappa shape index (κ3) is 6.15. The standard InChI is InChI=1S/C13H18N2O3S/c1-13(2,3)18-12(17)14-8-11(16)15-9-6-4-5-7-10(9)19/h4-7,19H,8H2,1-3H3,(H,14,17)(H,15,16). The number of hydrogen-bond acceptors (Lipinski definition) is 4. The molecule has 1 aromatic rings. The molecule has 0 aliphatic heterocycles. The van der Waals surface area contributed by atoms with E-state index in [0.717, 1.165) is 0 Å². The van der Waals surface area contributed by atoms with Crippen molar-refractivity contribution in [2.75, 3.05) is 11.9 Å². The SMILES string of the molecule is CC(C)(C)OC(=O)NCC(=O)Nc1ccccc1S. The maximum Gasteiger partial charge on any atom is 0.408 e. The van der Waals surface area contributed by atoms with Crippen molar-refractivity contribution in [3.63, 3.8) is 0 Å². The van der Waals surface area contributed by atoms with Gasteiger partial charge in [0.1, 0.15) is 12.1 Å². The fraction of sp³-hybridized carbons (Fsp3) is 0.385. The number of nitrogens with one attached hydrogen (secondary N) is 2. The molecule has 0 atom stereocenters. The zero-order valence-corrected chi connectivity index (χ0v) is 12.1. The molecule has 2 N–H and O–H groups in total. The van der Waals surface area contributed by atoms with E-state index in [9.17, 15) is 9.59 Å².